The predicted octanol–water partition coefficient (Wildman–Crippen LogP) is 4.37. The summed E-state index contributed by atoms with van der Waals surface area (Å²) < 4.78 is 14.1. The molecule has 120 valence electrons. The van der Waals surface area contributed by atoms with Crippen molar-refractivity contribution >= 4 is 57.0 Å². The van der Waals surface area contributed by atoms with Crippen LogP contribution in [-0.2, 0) is 4.79 Å². The smallest absolute Gasteiger partial charge is 0.213 e. The Morgan fingerprint density at radius 2 is 2.13 bits per heavy atom. The number of amides is 1. The molecule has 1 heterocycles. The highest BCUT2D eigenvalue weighted by atomic mass is 79.9. The van der Waals surface area contributed by atoms with E-state index in [0.29, 0.717) is 22.1 Å². The second-order valence-electron chi connectivity index (χ2n) is 4.96. The average Bonchev–Trinajstić information content (AvgIpc) is 2.51. The lowest BCUT2D eigenvalue weighted by atomic mass is 10.0. The number of hydrogen-bond donors (Lipinski definition) is 1. The molecule has 0 atom stereocenters. The van der Waals surface area contributed by atoms with E-state index in [1.165, 1.54) is 11.0 Å². The second-order valence-corrected chi connectivity index (χ2v) is 6.20. The van der Waals surface area contributed by atoms with Crippen molar-refractivity contribution in [2.75, 3.05) is 17.7 Å². The summed E-state index contributed by atoms with van der Waals surface area (Å²) in [5, 5.41) is 0.288. The predicted molar refractivity (Wildman–Crippen MR) is 95.8 cm³/mol. The van der Waals surface area contributed by atoms with Crippen LogP contribution in [-0.4, -0.2) is 18.4 Å². The number of halogens is 3. The number of rotatable bonds is 4. The van der Waals surface area contributed by atoms with E-state index in [1.54, 1.807) is 25.4 Å². The minimum Gasteiger partial charge on any atom is -0.396 e. The number of carbonyl (C=O) groups excluding carboxylic acids is 1. The Labute approximate surface area is 146 Å². The number of nitrogen functional groups attached to an aromatic ring is 1. The molecule has 2 aromatic rings. The highest BCUT2D eigenvalue weighted by molar-refractivity contribution is 9.10. The van der Waals surface area contributed by atoms with Gasteiger partial charge in [-0.3, -0.25) is 4.79 Å². The van der Waals surface area contributed by atoms with Crippen molar-refractivity contribution in [1.29, 1.82) is 0 Å². The van der Waals surface area contributed by atoms with Crippen LogP contribution in [0.5, 0.6) is 0 Å². The molecule has 0 spiro atoms. The minimum absolute atomic E-state index is 0.0652. The van der Waals surface area contributed by atoms with Gasteiger partial charge in [0, 0.05) is 23.3 Å². The zero-order chi connectivity index (χ0) is 17.1. The van der Waals surface area contributed by atoms with E-state index in [4.69, 9.17) is 17.3 Å². The molecule has 23 heavy (non-hydrogen) atoms. The molecule has 1 amide bonds. The number of aromatic nitrogens is 1. The summed E-state index contributed by atoms with van der Waals surface area (Å²) in [5.41, 5.74) is 8.59. The number of anilines is 2. The minimum atomic E-state index is -0.483. The summed E-state index contributed by atoms with van der Waals surface area (Å²) >= 11 is 9.22. The first-order chi connectivity index (χ1) is 10.8. The fourth-order valence-electron chi connectivity index (χ4n) is 2.08. The SMILES string of the molecule is C/C(=C\c1cnc(Cl)cc1N(C)C=O)c1cc(N)c(F)cc1Br. The number of hydrogen-bond acceptors (Lipinski definition) is 3. The van der Waals surface area contributed by atoms with Gasteiger partial charge in [0.05, 0.1) is 11.4 Å². The third-order valence-electron chi connectivity index (χ3n) is 3.30. The van der Waals surface area contributed by atoms with Crippen LogP contribution >= 0.6 is 27.5 Å². The van der Waals surface area contributed by atoms with Gasteiger partial charge in [-0.25, -0.2) is 9.37 Å². The maximum Gasteiger partial charge on any atom is 0.213 e. The Bertz CT molecular complexity index is 795. The molecule has 7 heteroatoms. The molecule has 0 aliphatic carbocycles. The number of allylic oxidation sites excluding steroid dienone is 1. The van der Waals surface area contributed by atoms with E-state index < -0.39 is 5.82 Å². The van der Waals surface area contributed by atoms with Crippen LogP contribution in [0.3, 0.4) is 0 Å². The Hall–Kier alpha value is -1.92. The molecule has 0 aliphatic rings. The van der Waals surface area contributed by atoms with E-state index in [-0.39, 0.29) is 10.8 Å². The molecule has 0 saturated heterocycles. The standard InChI is InChI=1S/C16H14BrClFN3O/c1-9(11-4-14(20)13(19)5-12(11)17)3-10-7-21-16(18)6-15(10)22(2)8-23/h3-8H,20H2,1-2H3/b9-3+. The highest BCUT2D eigenvalue weighted by Crippen LogP contribution is 2.31. The largest absolute Gasteiger partial charge is 0.396 e. The zero-order valence-electron chi connectivity index (χ0n) is 12.5. The molecule has 0 saturated carbocycles. The van der Waals surface area contributed by atoms with Gasteiger partial charge in [-0.05, 0) is 42.3 Å². The van der Waals surface area contributed by atoms with E-state index in [1.807, 2.05) is 13.0 Å². The Balaban J connectivity index is 2.54. The van der Waals surface area contributed by atoms with Crippen LogP contribution in [0.2, 0.25) is 5.15 Å². The van der Waals surface area contributed by atoms with Gasteiger partial charge in [-0.1, -0.05) is 27.5 Å². The summed E-state index contributed by atoms with van der Waals surface area (Å²) in [7, 11) is 1.62. The molecule has 2 rings (SSSR count). The molecule has 0 unspecified atom stereocenters. The van der Waals surface area contributed by atoms with E-state index in [0.717, 1.165) is 11.1 Å². The van der Waals surface area contributed by atoms with E-state index in [9.17, 15) is 9.18 Å². The Kier molecular flexibility index (Phi) is 5.38. The molecule has 1 aromatic carbocycles. The van der Waals surface area contributed by atoms with E-state index in [2.05, 4.69) is 20.9 Å². The van der Waals surface area contributed by atoms with Crippen molar-refractivity contribution in [2.45, 2.75) is 6.92 Å². The van der Waals surface area contributed by atoms with Crippen molar-refractivity contribution in [3.8, 4) is 0 Å². The number of nitrogens with two attached hydrogens (primary N) is 1. The van der Waals surface area contributed by atoms with Crippen molar-refractivity contribution in [3.05, 3.63) is 51.0 Å². The van der Waals surface area contributed by atoms with Gasteiger partial charge in [-0.15, -0.1) is 0 Å². The summed E-state index contributed by atoms with van der Waals surface area (Å²) in [6, 6.07) is 4.47. The van der Waals surface area contributed by atoms with E-state index >= 15 is 0 Å². The first-order valence-corrected chi connectivity index (χ1v) is 7.77. The molecule has 0 fully saturated rings. The molecule has 4 nitrogen and oxygen atoms in total. The molecule has 0 aliphatic heterocycles. The van der Waals surface area contributed by atoms with Crippen molar-refractivity contribution in [2.24, 2.45) is 0 Å². The van der Waals surface area contributed by atoms with Crippen molar-refractivity contribution in [3.63, 3.8) is 0 Å². The van der Waals surface area contributed by atoms with Crippen LogP contribution in [0.4, 0.5) is 15.8 Å². The first-order valence-electron chi connectivity index (χ1n) is 6.60. The van der Waals surface area contributed by atoms with Crippen molar-refractivity contribution in [1.82, 2.24) is 4.98 Å². The fourth-order valence-corrected chi connectivity index (χ4v) is 2.86. The summed E-state index contributed by atoms with van der Waals surface area (Å²) in [4.78, 5) is 16.5. The van der Waals surface area contributed by atoms with Gasteiger partial charge in [0.2, 0.25) is 6.41 Å². The monoisotopic (exact) mass is 397 g/mol. The summed E-state index contributed by atoms with van der Waals surface area (Å²) in [6.45, 7) is 1.86. The molecule has 1 aromatic heterocycles. The highest BCUT2D eigenvalue weighted by Gasteiger charge is 2.11. The van der Waals surface area contributed by atoms with Gasteiger partial charge in [0.15, 0.2) is 0 Å². The molecular formula is C16H14BrClFN3O. The van der Waals surface area contributed by atoms with Gasteiger partial charge in [0.1, 0.15) is 11.0 Å². The number of pyridine rings is 1. The molecule has 2 N–H and O–H groups in total. The van der Waals surface area contributed by atoms with Crippen LogP contribution in [0.1, 0.15) is 18.1 Å². The average molecular weight is 399 g/mol. The lowest BCUT2D eigenvalue weighted by Crippen LogP contribution is -2.15. The molecule has 0 bridgehead atoms. The number of benzene rings is 1. The van der Waals surface area contributed by atoms with Crippen LogP contribution < -0.4 is 10.6 Å². The van der Waals surface area contributed by atoms with Gasteiger partial charge >= 0.3 is 0 Å². The first kappa shape index (κ1) is 17.4. The quantitative estimate of drug-likeness (QED) is 0.472. The summed E-state index contributed by atoms with van der Waals surface area (Å²) in [6.07, 6.45) is 4.09. The maximum atomic E-state index is 13.5. The third-order valence-corrected chi connectivity index (χ3v) is 4.16. The van der Waals surface area contributed by atoms with Crippen LogP contribution in [0.25, 0.3) is 11.6 Å². The lowest BCUT2D eigenvalue weighted by molar-refractivity contribution is -0.107. The topological polar surface area (TPSA) is 59.2 Å². The fraction of sp³-hybridized carbons (Fsp3) is 0.125. The van der Waals surface area contributed by atoms with Crippen molar-refractivity contribution < 1.29 is 9.18 Å². The Morgan fingerprint density at radius 3 is 2.78 bits per heavy atom. The van der Waals surface area contributed by atoms with Gasteiger partial charge in [0.25, 0.3) is 0 Å². The van der Waals surface area contributed by atoms with Gasteiger partial charge in [-0.2, -0.15) is 0 Å². The molecular weight excluding hydrogens is 385 g/mol. The lowest BCUT2D eigenvalue weighted by Gasteiger charge is -2.15. The Morgan fingerprint density at radius 1 is 1.43 bits per heavy atom. The normalized spacial score (nSPS) is 11.4. The number of carbonyl (C=O) groups is 1. The maximum absolute atomic E-state index is 13.5. The second kappa shape index (κ2) is 7.10. The zero-order valence-corrected chi connectivity index (χ0v) is 14.8. The third kappa shape index (κ3) is 3.89. The van der Waals surface area contributed by atoms with Crippen LogP contribution in [0, 0.1) is 5.82 Å². The summed E-state index contributed by atoms with van der Waals surface area (Å²) in [5.74, 6) is -0.483. The molecule has 0 radical (unpaired) electrons. The van der Waals surface area contributed by atoms with Gasteiger partial charge < -0.3 is 10.6 Å². The van der Waals surface area contributed by atoms with Crippen LogP contribution in [0.15, 0.2) is 28.9 Å². The number of nitrogens with zero attached hydrogens (tertiary/aromatic N) is 2.